The molecule has 7 heteroatoms. The van der Waals surface area contributed by atoms with Crippen molar-refractivity contribution >= 4 is 16.7 Å². The van der Waals surface area contributed by atoms with Gasteiger partial charge < -0.3 is 19.8 Å². The molecule has 0 radical (unpaired) electrons. The molecule has 1 saturated carbocycles. The minimum atomic E-state index is -0.597. The molecule has 6 nitrogen and oxygen atoms in total. The van der Waals surface area contributed by atoms with Gasteiger partial charge in [-0.3, -0.25) is 0 Å². The highest BCUT2D eigenvalue weighted by Gasteiger charge is 2.50. The molecule has 1 aliphatic heterocycles. The molecule has 1 aliphatic carbocycles. The van der Waals surface area contributed by atoms with Crippen molar-refractivity contribution in [2.75, 3.05) is 5.73 Å². The van der Waals surface area contributed by atoms with E-state index in [4.69, 9.17) is 15.2 Å². The van der Waals surface area contributed by atoms with Gasteiger partial charge in [0.15, 0.2) is 5.79 Å². The van der Waals surface area contributed by atoms with Gasteiger partial charge in [0.2, 0.25) is 5.95 Å². The van der Waals surface area contributed by atoms with Gasteiger partial charge >= 0.3 is 0 Å². The normalized spacial score (nSPS) is 30.9. The average molecular weight is 292 g/mol. The van der Waals surface area contributed by atoms with Gasteiger partial charge in [-0.25, -0.2) is 9.97 Å². The molecule has 3 heterocycles. The molecule has 0 bridgehead atoms. The van der Waals surface area contributed by atoms with Gasteiger partial charge in [0.05, 0.1) is 30.4 Å². The Balaban J connectivity index is 1.80. The Kier molecular flexibility index (Phi) is 2.56. The first kappa shape index (κ1) is 13.0. The van der Waals surface area contributed by atoms with E-state index in [1.165, 1.54) is 6.20 Å². The maximum Gasteiger partial charge on any atom is 0.239 e. The second-order valence-electron chi connectivity index (χ2n) is 6.14. The van der Waals surface area contributed by atoms with Crippen LogP contribution in [0.1, 0.15) is 32.7 Å². The topological polar surface area (TPSA) is 75.2 Å². The summed E-state index contributed by atoms with van der Waals surface area (Å²) >= 11 is 0. The highest BCUT2D eigenvalue weighted by molar-refractivity contribution is 5.86. The van der Waals surface area contributed by atoms with Gasteiger partial charge in [-0.1, -0.05) is 0 Å². The zero-order chi connectivity index (χ0) is 14.8. The van der Waals surface area contributed by atoms with Crippen LogP contribution in [0, 0.1) is 5.95 Å². The van der Waals surface area contributed by atoms with E-state index in [1.807, 2.05) is 13.8 Å². The molecule has 0 amide bonds. The van der Waals surface area contributed by atoms with Crippen molar-refractivity contribution < 1.29 is 13.9 Å². The van der Waals surface area contributed by atoms with Crippen LogP contribution in [0.2, 0.25) is 0 Å². The summed E-state index contributed by atoms with van der Waals surface area (Å²) in [7, 11) is 0. The SMILES string of the molecule is CC1(C)O[C@H]2[C@H](n3cnc4c(N)cnc(F)c43)CC[C@H]2O1. The number of hydrogen-bond acceptors (Lipinski definition) is 5. The van der Waals surface area contributed by atoms with E-state index < -0.39 is 11.7 Å². The zero-order valence-electron chi connectivity index (χ0n) is 11.9. The number of nitrogen functional groups attached to an aromatic ring is 1. The first-order valence-electron chi connectivity index (χ1n) is 7.08. The molecule has 4 rings (SSSR count). The first-order valence-corrected chi connectivity index (χ1v) is 7.08. The monoisotopic (exact) mass is 292 g/mol. The number of hydrogen-bond donors (Lipinski definition) is 1. The third-order valence-corrected chi connectivity index (χ3v) is 4.28. The average Bonchev–Trinajstić information content (AvgIpc) is 3.05. The predicted molar refractivity (Wildman–Crippen MR) is 74.0 cm³/mol. The maximum absolute atomic E-state index is 14.1. The molecule has 21 heavy (non-hydrogen) atoms. The molecular formula is C14H17FN4O2. The fraction of sp³-hybridized carbons (Fsp3) is 0.571. The summed E-state index contributed by atoms with van der Waals surface area (Å²) in [5, 5.41) is 0. The van der Waals surface area contributed by atoms with Crippen molar-refractivity contribution in [3.05, 3.63) is 18.5 Å². The van der Waals surface area contributed by atoms with Crippen LogP contribution in [0.4, 0.5) is 10.1 Å². The number of fused-ring (bicyclic) bond motifs is 2. The number of imidazole rings is 1. The predicted octanol–water partition coefficient (Wildman–Crippen LogP) is 2.01. The molecule has 1 saturated heterocycles. The van der Waals surface area contributed by atoms with Crippen LogP contribution in [-0.2, 0) is 9.47 Å². The Bertz CT molecular complexity index is 714. The number of nitrogens with zero attached hydrogens (tertiary/aromatic N) is 3. The van der Waals surface area contributed by atoms with Crippen LogP contribution >= 0.6 is 0 Å². The molecule has 0 aromatic carbocycles. The first-order chi connectivity index (χ1) is 9.96. The number of anilines is 1. The van der Waals surface area contributed by atoms with Crippen molar-refractivity contribution in [1.82, 2.24) is 14.5 Å². The molecule has 2 aromatic rings. The fourth-order valence-electron chi connectivity index (χ4n) is 3.49. The van der Waals surface area contributed by atoms with Gasteiger partial charge in [0.25, 0.3) is 0 Å². The van der Waals surface area contributed by atoms with Gasteiger partial charge in [0.1, 0.15) is 17.1 Å². The van der Waals surface area contributed by atoms with E-state index in [9.17, 15) is 4.39 Å². The van der Waals surface area contributed by atoms with E-state index in [0.29, 0.717) is 16.7 Å². The highest BCUT2D eigenvalue weighted by Crippen LogP contribution is 2.44. The molecule has 0 unspecified atom stereocenters. The molecule has 2 aliphatic rings. The van der Waals surface area contributed by atoms with Crippen LogP contribution < -0.4 is 5.73 Å². The number of nitrogens with two attached hydrogens (primary N) is 1. The van der Waals surface area contributed by atoms with Crippen molar-refractivity contribution in [2.24, 2.45) is 0 Å². The smallest absolute Gasteiger partial charge is 0.239 e. The van der Waals surface area contributed by atoms with Crippen molar-refractivity contribution in [3.8, 4) is 0 Å². The zero-order valence-corrected chi connectivity index (χ0v) is 11.9. The van der Waals surface area contributed by atoms with E-state index in [-0.39, 0.29) is 18.2 Å². The second kappa shape index (κ2) is 4.14. The largest absolute Gasteiger partial charge is 0.396 e. The lowest BCUT2D eigenvalue weighted by Gasteiger charge is -2.23. The molecule has 2 fully saturated rings. The summed E-state index contributed by atoms with van der Waals surface area (Å²) in [5.41, 5.74) is 6.99. The summed E-state index contributed by atoms with van der Waals surface area (Å²) in [6.07, 6.45) is 4.59. The van der Waals surface area contributed by atoms with Crippen LogP contribution in [0.5, 0.6) is 0 Å². The minimum absolute atomic E-state index is 0.0140. The number of pyridine rings is 1. The van der Waals surface area contributed by atoms with E-state index in [1.54, 1.807) is 10.9 Å². The van der Waals surface area contributed by atoms with Gasteiger partial charge in [-0.2, -0.15) is 4.39 Å². The Morgan fingerprint density at radius 2 is 2.14 bits per heavy atom. The Morgan fingerprint density at radius 3 is 2.95 bits per heavy atom. The minimum Gasteiger partial charge on any atom is -0.396 e. The summed E-state index contributed by atoms with van der Waals surface area (Å²) in [4.78, 5) is 7.94. The second-order valence-corrected chi connectivity index (χ2v) is 6.14. The van der Waals surface area contributed by atoms with Crippen molar-refractivity contribution in [1.29, 1.82) is 0 Å². The number of aromatic nitrogens is 3. The van der Waals surface area contributed by atoms with Gasteiger partial charge in [0, 0.05) is 0 Å². The van der Waals surface area contributed by atoms with E-state index in [2.05, 4.69) is 9.97 Å². The van der Waals surface area contributed by atoms with E-state index in [0.717, 1.165) is 12.8 Å². The lowest BCUT2D eigenvalue weighted by molar-refractivity contribution is -0.155. The van der Waals surface area contributed by atoms with E-state index >= 15 is 0 Å². The van der Waals surface area contributed by atoms with Crippen LogP contribution in [-0.4, -0.2) is 32.5 Å². The fourth-order valence-corrected chi connectivity index (χ4v) is 3.49. The van der Waals surface area contributed by atoms with Crippen molar-refractivity contribution in [3.63, 3.8) is 0 Å². The number of rotatable bonds is 1. The molecule has 3 atom stereocenters. The van der Waals surface area contributed by atoms with Gasteiger partial charge in [-0.05, 0) is 26.7 Å². The summed E-state index contributed by atoms with van der Waals surface area (Å²) in [6.45, 7) is 3.79. The summed E-state index contributed by atoms with van der Waals surface area (Å²) in [5.74, 6) is -1.15. The van der Waals surface area contributed by atoms with Crippen molar-refractivity contribution in [2.45, 2.75) is 50.7 Å². The molecular weight excluding hydrogens is 275 g/mol. The molecule has 112 valence electrons. The highest BCUT2D eigenvalue weighted by atomic mass is 19.1. The molecule has 2 N–H and O–H groups in total. The third-order valence-electron chi connectivity index (χ3n) is 4.28. The lowest BCUT2D eigenvalue weighted by atomic mass is 10.2. The van der Waals surface area contributed by atoms with Gasteiger partial charge in [-0.15, -0.1) is 0 Å². The Labute approximate surface area is 121 Å². The third kappa shape index (κ3) is 1.84. The van der Waals surface area contributed by atoms with Crippen LogP contribution in [0.3, 0.4) is 0 Å². The summed E-state index contributed by atoms with van der Waals surface area (Å²) in [6, 6.07) is -0.0140. The molecule has 0 spiro atoms. The lowest BCUT2D eigenvalue weighted by Crippen LogP contribution is -2.27. The Hall–Kier alpha value is -1.73. The standard InChI is InChI=1S/C14H17FN4O2/c1-14(2)20-9-4-3-8(12(9)21-14)19-6-18-10-7(16)5-17-13(15)11(10)19/h5-6,8-9,12H,3-4,16H2,1-2H3/t8-,9-,12+/m1/s1. The van der Waals surface area contributed by atoms with Crippen LogP contribution in [0.15, 0.2) is 12.5 Å². The summed E-state index contributed by atoms with van der Waals surface area (Å²) < 4.78 is 27.8. The maximum atomic E-state index is 14.1. The quantitative estimate of drug-likeness (QED) is 0.814. The van der Waals surface area contributed by atoms with Crippen LogP contribution in [0.25, 0.3) is 11.0 Å². The number of ether oxygens (including phenoxy) is 2. The molecule has 2 aromatic heterocycles. The number of halogens is 1. The Morgan fingerprint density at radius 1 is 1.33 bits per heavy atom.